The average molecular weight is 405 g/mol. The van der Waals surface area contributed by atoms with E-state index in [0.717, 1.165) is 46.4 Å². The van der Waals surface area contributed by atoms with E-state index in [1.807, 2.05) is 37.3 Å². The lowest BCUT2D eigenvalue weighted by Gasteiger charge is -2.31. The van der Waals surface area contributed by atoms with E-state index < -0.39 is 0 Å². The van der Waals surface area contributed by atoms with Crippen LogP contribution in [0.3, 0.4) is 0 Å². The molecule has 3 rings (SSSR count). The number of allylic oxidation sites excluding steroid dienone is 1. The summed E-state index contributed by atoms with van der Waals surface area (Å²) in [5.74, 6) is 1.64. The summed E-state index contributed by atoms with van der Waals surface area (Å²) >= 11 is 0. The van der Waals surface area contributed by atoms with Gasteiger partial charge >= 0.3 is 0 Å². The van der Waals surface area contributed by atoms with Crippen LogP contribution < -0.4 is 10.5 Å². The molecule has 1 unspecified atom stereocenters. The Hall–Kier alpha value is -2.88. The number of benzene rings is 2. The topological polar surface area (TPSA) is 64.7 Å². The Morgan fingerprint density at radius 3 is 2.57 bits per heavy atom. The first-order valence-electron chi connectivity index (χ1n) is 10.5. The Balaban J connectivity index is 1.72. The van der Waals surface area contributed by atoms with E-state index >= 15 is 0 Å². The Morgan fingerprint density at radius 2 is 1.93 bits per heavy atom. The summed E-state index contributed by atoms with van der Waals surface area (Å²) in [6.07, 6.45) is 2.28. The van der Waals surface area contributed by atoms with Gasteiger partial charge < -0.3 is 10.5 Å². The van der Waals surface area contributed by atoms with Crippen LogP contribution in [0.15, 0.2) is 59.6 Å². The highest BCUT2D eigenvalue weighted by Gasteiger charge is 2.31. The van der Waals surface area contributed by atoms with Crippen molar-refractivity contribution in [3.8, 4) is 5.75 Å². The molecule has 1 atom stereocenters. The van der Waals surface area contributed by atoms with Crippen molar-refractivity contribution in [3.63, 3.8) is 0 Å². The lowest BCUT2D eigenvalue weighted by molar-refractivity contribution is 0.0956. The van der Waals surface area contributed by atoms with Crippen molar-refractivity contribution in [1.29, 1.82) is 0 Å². The first kappa shape index (κ1) is 21.8. The predicted octanol–water partition coefficient (Wildman–Crippen LogP) is 5.56. The summed E-state index contributed by atoms with van der Waals surface area (Å²) in [7, 11) is 1.71. The molecule has 158 valence electrons. The van der Waals surface area contributed by atoms with Gasteiger partial charge in [0.05, 0.1) is 0 Å². The summed E-state index contributed by atoms with van der Waals surface area (Å²) < 4.78 is 5.98. The fraction of sp³-hybridized carbons (Fsp3) is 0.385. The molecular formula is C26H32N2O2. The molecule has 0 fully saturated rings. The van der Waals surface area contributed by atoms with E-state index in [9.17, 15) is 4.79 Å². The van der Waals surface area contributed by atoms with E-state index in [1.165, 1.54) is 0 Å². The molecule has 0 heterocycles. The van der Waals surface area contributed by atoms with Crippen molar-refractivity contribution in [1.82, 2.24) is 0 Å². The maximum Gasteiger partial charge on any atom is 0.163 e. The van der Waals surface area contributed by atoms with Crippen molar-refractivity contribution in [2.75, 3.05) is 7.05 Å². The van der Waals surface area contributed by atoms with Gasteiger partial charge in [0.2, 0.25) is 0 Å². The second-order valence-corrected chi connectivity index (χ2v) is 8.91. The number of nitrogens with two attached hydrogens (primary N) is 1. The summed E-state index contributed by atoms with van der Waals surface area (Å²) in [6.45, 7) is 10.8. The third-order valence-corrected chi connectivity index (χ3v) is 5.95. The highest BCUT2D eigenvalue weighted by atomic mass is 16.5. The minimum absolute atomic E-state index is 0.0246. The molecule has 0 radical (unpaired) electrons. The molecule has 1 aliphatic carbocycles. The van der Waals surface area contributed by atoms with Crippen molar-refractivity contribution in [2.24, 2.45) is 10.7 Å². The molecule has 2 aromatic rings. The number of aliphatic imine (C=N–C) groups is 1. The van der Waals surface area contributed by atoms with Crippen LogP contribution in [0.4, 0.5) is 0 Å². The fourth-order valence-corrected chi connectivity index (χ4v) is 4.06. The van der Waals surface area contributed by atoms with Gasteiger partial charge in [0.15, 0.2) is 5.78 Å². The molecule has 0 bridgehead atoms. The maximum atomic E-state index is 12.4. The molecule has 0 amide bonds. The van der Waals surface area contributed by atoms with Crippen LogP contribution in [0.5, 0.6) is 5.75 Å². The summed E-state index contributed by atoms with van der Waals surface area (Å²) in [5, 5.41) is 0. The van der Waals surface area contributed by atoms with Crippen LogP contribution >= 0.6 is 0 Å². The zero-order valence-corrected chi connectivity index (χ0v) is 18.5. The molecule has 4 heteroatoms. The van der Waals surface area contributed by atoms with Crippen molar-refractivity contribution >= 4 is 11.6 Å². The first-order chi connectivity index (χ1) is 14.2. The predicted molar refractivity (Wildman–Crippen MR) is 124 cm³/mol. The van der Waals surface area contributed by atoms with E-state index in [0.29, 0.717) is 18.9 Å². The van der Waals surface area contributed by atoms with Crippen LogP contribution in [0.2, 0.25) is 0 Å². The summed E-state index contributed by atoms with van der Waals surface area (Å²) in [5.41, 5.74) is 11.3. The van der Waals surface area contributed by atoms with Gasteiger partial charge in [0.25, 0.3) is 0 Å². The Morgan fingerprint density at radius 1 is 1.23 bits per heavy atom. The molecule has 4 nitrogen and oxygen atoms in total. The van der Waals surface area contributed by atoms with E-state index in [2.05, 4.69) is 37.6 Å². The number of carbonyl (C=O) groups excluding carboxylic acids is 1. The molecule has 1 aliphatic rings. The standard InChI is InChI=1S/C26H32N2O2/c1-17(2)14-21(25(27)28-5)19-7-9-20(10-8-19)30-16-18-6-11-23-22(15-18)24(29)12-13-26(23,3)4/h6-11,15,21H,1,12-14,16H2,2-5H3,(H2,27,28). The highest BCUT2D eigenvalue weighted by molar-refractivity contribution is 5.99. The molecule has 0 spiro atoms. The Labute approximate surface area is 179 Å². The highest BCUT2D eigenvalue weighted by Crippen LogP contribution is 2.37. The Kier molecular flexibility index (Phi) is 6.45. The monoisotopic (exact) mass is 404 g/mol. The maximum absolute atomic E-state index is 12.4. The lowest BCUT2D eigenvalue weighted by atomic mass is 9.72. The van der Waals surface area contributed by atoms with Gasteiger partial charge in [-0.15, -0.1) is 6.58 Å². The number of hydrogen-bond acceptors (Lipinski definition) is 3. The number of fused-ring (bicyclic) bond motifs is 1. The Bertz CT molecular complexity index is 971. The molecular weight excluding hydrogens is 372 g/mol. The van der Waals surface area contributed by atoms with E-state index in [-0.39, 0.29) is 17.1 Å². The molecule has 2 N–H and O–H groups in total. The third kappa shape index (κ3) is 4.81. The van der Waals surface area contributed by atoms with Crippen LogP contribution in [0.25, 0.3) is 0 Å². The largest absolute Gasteiger partial charge is 0.489 e. The van der Waals surface area contributed by atoms with E-state index in [1.54, 1.807) is 7.05 Å². The number of carbonyl (C=O) groups is 1. The number of hydrogen-bond donors (Lipinski definition) is 1. The van der Waals surface area contributed by atoms with Crippen molar-refractivity contribution in [2.45, 2.75) is 58.0 Å². The SMILES string of the molecule is C=C(C)CC(C(N)=NC)c1ccc(OCc2ccc3c(c2)C(=O)CCC3(C)C)cc1. The van der Waals surface area contributed by atoms with Crippen LogP contribution in [-0.4, -0.2) is 18.7 Å². The number of nitrogens with zero attached hydrogens (tertiary/aromatic N) is 1. The zero-order chi connectivity index (χ0) is 21.9. The number of amidine groups is 1. The zero-order valence-electron chi connectivity index (χ0n) is 18.5. The van der Waals surface area contributed by atoms with Crippen LogP contribution in [-0.2, 0) is 12.0 Å². The van der Waals surface area contributed by atoms with Gasteiger partial charge in [0.1, 0.15) is 18.2 Å². The van der Waals surface area contributed by atoms with Crippen LogP contribution in [0, 0.1) is 0 Å². The quantitative estimate of drug-likeness (QED) is 0.373. The average Bonchev–Trinajstić information content (AvgIpc) is 2.73. The van der Waals surface area contributed by atoms with Gasteiger partial charge in [-0.1, -0.05) is 43.7 Å². The molecule has 0 aliphatic heterocycles. The molecule has 30 heavy (non-hydrogen) atoms. The third-order valence-electron chi connectivity index (χ3n) is 5.95. The summed E-state index contributed by atoms with van der Waals surface area (Å²) in [6, 6.07) is 14.1. The lowest BCUT2D eigenvalue weighted by Crippen LogP contribution is -2.27. The normalized spacial score (nSPS) is 16.7. The molecule has 0 saturated heterocycles. The number of Topliss-reactive ketones (excluding diaryl/α,β-unsaturated/α-hetero) is 1. The number of ether oxygens (including phenoxy) is 1. The molecule has 0 saturated carbocycles. The number of rotatable bonds is 7. The number of ketones is 1. The van der Waals surface area contributed by atoms with Gasteiger partial charge in [-0.2, -0.15) is 0 Å². The van der Waals surface area contributed by atoms with Gasteiger partial charge in [-0.25, -0.2) is 0 Å². The minimum atomic E-state index is 0.0246. The van der Waals surface area contributed by atoms with Crippen molar-refractivity contribution < 1.29 is 9.53 Å². The van der Waals surface area contributed by atoms with E-state index in [4.69, 9.17) is 10.5 Å². The minimum Gasteiger partial charge on any atom is -0.489 e. The van der Waals surface area contributed by atoms with Crippen molar-refractivity contribution in [3.05, 3.63) is 76.9 Å². The van der Waals surface area contributed by atoms with Gasteiger partial charge in [-0.05, 0) is 60.1 Å². The van der Waals surface area contributed by atoms with Gasteiger partial charge in [0, 0.05) is 24.9 Å². The van der Waals surface area contributed by atoms with Gasteiger partial charge in [-0.3, -0.25) is 9.79 Å². The second kappa shape index (κ2) is 8.86. The summed E-state index contributed by atoms with van der Waals surface area (Å²) in [4.78, 5) is 16.6. The first-order valence-corrected chi connectivity index (χ1v) is 10.5. The molecule has 0 aromatic heterocycles. The molecule has 2 aromatic carbocycles. The van der Waals surface area contributed by atoms with Crippen LogP contribution in [0.1, 0.15) is 73.0 Å². The fourth-order valence-electron chi connectivity index (χ4n) is 4.06. The second-order valence-electron chi connectivity index (χ2n) is 8.91. The smallest absolute Gasteiger partial charge is 0.163 e.